The van der Waals surface area contributed by atoms with Crippen LogP contribution in [-0.2, 0) is 16.1 Å². The zero-order valence-electron chi connectivity index (χ0n) is 21.1. The van der Waals surface area contributed by atoms with E-state index in [1.165, 1.54) is 0 Å². The van der Waals surface area contributed by atoms with Gasteiger partial charge in [0, 0.05) is 23.7 Å². The summed E-state index contributed by atoms with van der Waals surface area (Å²) in [6, 6.07) is 7.18. The molecule has 0 spiro atoms. The van der Waals surface area contributed by atoms with Crippen molar-refractivity contribution in [1.29, 1.82) is 0 Å². The fraction of sp³-hybridized carbons (Fsp3) is 0.375. The van der Waals surface area contributed by atoms with E-state index < -0.39 is 24.9 Å². The lowest BCUT2D eigenvalue weighted by Gasteiger charge is -2.14. The molecule has 214 valence electrons. The van der Waals surface area contributed by atoms with Crippen LogP contribution in [0.4, 0.5) is 19.0 Å². The van der Waals surface area contributed by atoms with Crippen LogP contribution in [0.15, 0.2) is 35.1 Å². The van der Waals surface area contributed by atoms with Crippen molar-refractivity contribution in [3.8, 4) is 28.5 Å². The van der Waals surface area contributed by atoms with Crippen LogP contribution in [-0.4, -0.2) is 74.5 Å². The Morgan fingerprint density at radius 3 is 2.77 bits per heavy atom. The Bertz CT molecular complexity index is 1480. The molecule has 0 saturated carbocycles. The molecule has 0 saturated heterocycles. The third-order valence-corrected chi connectivity index (χ3v) is 5.88. The van der Waals surface area contributed by atoms with Crippen molar-refractivity contribution in [1.82, 2.24) is 30.2 Å². The molecule has 4 aromatic rings. The van der Waals surface area contributed by atoms with E-state index in [2.05, 4.69) is 25.4 Å². The lowest BCUT2D eigenvalue weighted by atomic mass is 10.1. The number of anilines is 1. The number of aliphatic hydroxyl groups excluding tert-OH is 1. The molecule has 1 atom stereocenters. The van der Waals surface area contributed by atoms with Gasteiger partial charge in [0.2, 0.25) is 0 Å². The SMILES string of the molecule is CCn1c(-c2nonc2N)nc2c(-c3cccc(Cl)c3)ncc(OCCCNCC(O)COC(=O)C(F)(F)F)c21. The number of imidazole rings is 1. The lowest BCUT2D eigenvalue weighted by Crippen LogP contribution is -2.34. The van der Waals surface area contributed by atoms with Gasteiger partial charge in [0.1, 0.15) is 23.7 Å². The highest BCUT2D eigenvalue weighted by molar-refractivity contribution is 6.30. The number of nitrogens with one attached hydrogen (secondary N) is 1. The summed E-state index contributed by atoms with van der Waals surface area (Å²) in [5.41, 5.74) is 8.68. The first-order valence-electron chi connectivity index (χ1n) is 12.1. The smallest absolute Gasteiger partial charge is 0.490 e. The molecule has 40 heavy (non-hydrogen) atoms. The second-order valence-corrected chi connectivity index (χ2v) is 8.95. The number of nitrogens with two attached hydrogens (primary N) is 1. The second-order valence-electron chi connectivity index (χ2n) is 8.51. The lowest BCUT2D eigenvalue weighted by molar-refractivity contribution is -0.201. The highest BCUT2D eigenvalue weighted by atomic mass is 35.5. The molecule has 0 aliphatic heterocycles. The van der Waals surface area contributed by atoms with Gasteiger partial charge in [-0.15, -0.1) is 0 Å². The van der Waals surface area contributed by atoms with Gasteiger partial charge in [0.15, 0.2) is 23.1 Å². The number of benzene rings is 1. The summed E-state index contributed by atoms with van der Waals surface area (Å²) in [5, 5.41) is 20.7. The van der Waals surface area contributed by atoms with Gasteiger partial charge in [0.05, 0.1) is 18.5 Å². The maximum atomic E-state index is 12.2. The fourth-order valence-electron chi connectivity index (χ4n) is 3.87. The Balaban J connectivity index is 1.47. The van der Waals surface area contributed by atoms with Crippen molar-refractivity contribution in [2.24, 2.45) is 0 Å². The Morgan fingerprint density at radius 2 is 2.10 bits per heavy atom. The first-order valence-corrected chi connectivity index (χ1v) is 12.5. The third-order valence-electron chi connectivity index (χ3n) is 5.65. The van der Waals surface area contributed by atoms with Crippen molar-refractivity contribution in [3.05, 3.63) is 35.5 Å². The minimum atomic E-state index is -5.11. The number of nitrogen functional groups attached to an aromatic ring is 1. The number of aromatic nitrogens is 5. The van der Waals surface area contributed by atoms with Gasteiger partial charge in [-0.1, -0.05) is 23.7 Å². The first kappa shape index (κ1) is 29.0. The van der Waals surface area contributed by atoms with E-state index in [0.717, 1.165) is 5.56 Å². The molecule has 0 radical (unpaired) electrons. The highest BCUT2D eigenvalue weighted by Crippen LogP contribution is 2.37. The molecule has 16 heteroatoms. The summed E-state index contributed by atoms with van der Waals surface area (Å²) in [6.45, 7) is 2.13. The molecule has 4 rings (SSSR count). The van der Waals surface area contributed by atoms with Crippen LogP contribution in [0.5, 0.6) is 5.75 Å². The van der Waals surface area contributed by atoms with E-state index in [-0.39, 0.29) is 24.7 Å². The number of ether oxygens (including phenoxy) is 2. The van der Waals surface area contributed by atoms with Gasteiger partial charge in [0.25, 0.3) is 0 Å². The maximum Gasteiger partial charge on any atom is 0.490 e. The van der Waals surface area contributed by atoms with Crippen LogP contribution in [0.3, 0.4) is 0 Å². The third kappa shape index (κ3) is 6.60. The number of carbonyl (C=O) groups is 1. The van der Waals surface area contributed by atoms with Crippen LogP contribution in [0.1, 0.15) is 13.3 Å². The first-order chi connectivity index (χ1) is 19.1. The average Bonchev–Trinajstić information content (AvgIpc) is 3.51. The van der Waals surface area contributed by atoms with Crippen LogP contribution < -0.4 is 15.8 Å². The predicted octanol–water partition coefficient (Wildman–Crippen LogP) is 3.23. The topological polar surface area (TPSA) is 163 Å². The number of aryl methyl sites for hydroxylation is 1. The van der Waals surface area contributed by atoms with Gasteiger partial charge in [-0.3, -0.25) is 0 Å². The number of rotatable bonds is 12. The molecule has 0 fully saturated rings. The van der Waals surface area contributed by atoms with E-state index in [9.17, 15) is 23.1 Å². The number of aliphatic hydroxyl groups is 1. The number of alkyl halides is 3. The molecule has 3 aromatic heterocycles. The quantitative estimate of drug-likeness (QED) is 0.166. The van der Waals surface area contributed by atoms with Crippen molar-refractivity contribution in [3.63, 3.8) is 0 Å². The Labute approximate surface area is 230 Å². The molecule has 12 nitrogen and oxygen atoms in total. The summed E-state index contributed by atoms with van der Waals surface area (Å²) in [5.74, 6) is -1.42. The van der Waals surface area contributed by atoms with Gasteiger partial charge in [-0.05, 0) is 42.3 Å². The van der Waals surface area contributed by atoms with Crippen molar-refractivity contribution >= 4 is 34.4 Å². The fourth-order valence-corrected chi connectivity index (χ4v) is 4.06. The molecule has 0 bridgehead atoms. The molecule has 1 unspecified atom stereocenters. The Morgan fingerprint density at radius 1 is 1.30 bits per heavy atom. The van der Waals surface area contributed by atoms with E-state index in [4.69, 9.17) is 31.7 Å². The number of pyridine rings is 1. The highest BCUT2D eigenvalue weighted by Gasteiger charge is 2.41. The van der Waals surface area contributed by atoms with Gasteiger partial charge < -0.3 is 30.2 Å². The maximum absolute atomic E-state index is 12.2. The summed E-state index contributed by atoms with van der Waals surface area (Å²) in [4.78, 5) is 20.1. The van der Waals surface area contributed by atoms with E-state index in [0.29, 0.717) is 52.8 Å². The van der Waals surface area contributed by atoms with Crippen LogP contribution in [0, 0.1) is 0 Å². The largest absolute Gasteiger partial charge is 0.490 e. The van der Waals surface area contributed by atoms with Crippen LogP contribution in [0.2, 0.25) is 5.02 Å². The predicted molar refractivity (Wildman–Crippen MR) is 137 cm³/mol. The van der Waals surface area contributed by atoms with E-state index in [1.807, 2.05) is 17.6 Å². The zero-order valence-corrected chi connectivity index (χ0v) is 21.9. The molecule has 0 aliphatic rings. The molecule has 3 heterocycles. The molecule has 4 N–H and O–H groups in total. The number of hydrogen-bond donors (Lipinski definition) is 3. The minimum Gasteiger partial charge on any atom is -0.490 e. The minimum absolute atomic E-state index is 0.0752. The molecule has 0 amide bonds. The standard InChI is InChI=1S/C24H25ClF3N7O5/c1-2-35-20-16(38-8-4-7-30-10-15(36)12-39-23(37)24(26,27)28)11-31-17(13-5-3-6-14(25)9-13)18(20)32-22(35)19-21(29)34-40-33-19/h3,5-6,9,11,15,30,36H,2,4,7-8,10,12H2,1H3,(H2,29,34). The van der Waals surface area contributed by atoms with Crippen molar-refractivity contribution in [2.75, 3.05) is 32.0 Å². The summed E-state index contributed by atoms with van der Waals surface area (Å²) in [6.07, 6.45) is -4.36. The Hall–Kier alpha value is -3.95. The van der Waals surface area contributed by atoms with Crippen LogP contribution in [0.25, 0.3) is 33.8 Å². The number of carbonyl (C=O) groups excluding carboxylic acids is 1. The summed E-state index contributed by atoms with van der Waals surface area (Å²) >= 11 is 6.21. The second kappa shape index (κ2) is 12.5. The number of nitrogens with zero attached hydrogens (tertiary/aromatic N) is 5. The number of hydrogen-bond acceptors (Lipinski definition) is 11. The molecule has 1 aromatic carbocycles. The summed E-state index contributed by atoms with van der Waals surface area (Å²) < 4.78 is 53.2. The monoisotopic (exact) mass is 583 g/mol. The zero-order chi connectivity index (χ0) is 28.9. The summed E-state index contributed by atoms with van der Waals surface area (Å²) in [7, 11) is 0. The van der Waals surface area contributed by atoms with Gasteiger partial charge >= 0.3 is 12.1 Å². The number of halogens is 4. The number of esters is 1. The van der Waals surface area contributed by atoms with Gasteiger partial charge in [-0.2, -0.15) is 13.2 Å². The average molecular weight is 584 g/mol. The van der Waals surface area contributed by atoms with Crippen LogP contribution >= 0.6 is 11.6 Å². The number of fused-ring (bicyclic) bond motifs is 1. The molecular formula is C24H25ClF3N7O5. The van der Waals surface area contributed by atoms with Crippen molar-refractivity contribution in [2.45, 2.75) is 32.2 Å². The van der Waals surface area contributed by atoms with Crippen molar-refractivity contribution < 1.29 is 37.2 Å². The Kier molecular flexibility index (Phi) is 9.07. The van der Waals surface area contributed by atoms with E-state index >= 15 is 0 Å². The van der Waals surface area contributed by atoms with E-state index in [1.54, 1.807) is 24.4 Å². The normalized spacial score (nSPS) is 12.6. The van der Waals surface area contributed by atoms with Gasteiger partial charge in [-0.25, -0.2) is 19.4 Å². The molecular weight excluding hydrogens is 559 g/mol. The molecule has 0 aliphatic carbocycles.